The number of benzene rings is 2. The zero-order valence-electron chi connectivity index (χ0n) is 14.8. The van der Waals surface area contributed by atoms with Gasteiger partial charge in [0.2, 0.25) is 5.82 Å². The predicted molar refractivity (Wildman–Crippen MR) is 97.0 cm³/mol. The van der Waals surface area contributed by atoms with Crippen LogP contribution >= 0.6 is 0 Å². The van der Waals surface area contributed by atoms with Gasteiger partial charge < -0.3 is 9.84 Å². The molecule has 0 atom stereocenters. The Labute approximate surface area is 159 Å². The van der Waals surface area contributed by atoms with Crippen molar-refractivity contribution in [3.63, 3.8) is 0 Å². The Hall–Kier alpha value is -3.88. The molecule has 0 saturated carbocycles. The zero-order valence-corrected chi connectivity index (χ0v) is 14.8. The van der Waals surface area contributed by atoms with Gasteiger partial charge in [0.05, 0.1) is 11.9 Å². The number of carbonyl (C=O) groups is 1. The van der Waals surface area contributed by atoms with Crippen molar-refractivity contribution in [2.45, 2.75) is 13.5 Å². The summed E-state index contributed by atoms with van der Waals surface area (Å²) in [5.41, 5.74) is 3.10. The SMILES string of the molecule is Cc1ccc(-n2cc(-c3noc(C(=O)NCc4ccc(F)cc4)n3)nn2)cc1. The Morgan fingerprint density at radius 2 is 1.89 bits per heavy atom. The number of nitrogens with one attached hydrogen (secondary N) is 1. The summed E-state index contributed by atoms with van der Waals surface area (Å²) in [6.45, 7) is 2.21. The number of halogens is 1. The van der Waals surface area contributed by atoms with Gasteiger partial charge >= 0.3 is 11.8 Å². The highest BCUT2D eigenvalue weighted by molar-refractivity contribution is 5.89. The van der Waals surface area contributed by atoms with E-state index in [9.17, 15) is 9.18 Å². The van der Waals surface area contributed by atoms with Crippen LogP contribution in [-0.2, 0) is 6.54 Å². The van der Waals surface area contributed by atoms with Crippen molar-refractivity contribution in [2.75, 3.05) is 0 Å². The maximum absolute atomic E-state index is 12.9. The van der Waals surface area contributed by atoms with E-state index >= 15 is 0 Å². The molecule has 4 rings (SSSR count). The molecular weight excluding hydrogens is 363 g/mol. The molecule has 0 saturated heterocycles. The lowest BCUT2D eigenvalue weighted by molar-refractivity contribution is 0.0907. The summed E-state index contributed by atoms with van der Waals surface area (Å²) in [7, 11) is 0. The lowest BCUT2D eigenvalue weighted by Gasteiger charge is -2.01. The Kier molecular flexibility index (Phi) is 4.63. The molecule has 2 aromatic carbocycles. The molecular formula is C19H15FN6O2. The maximum Gasteiger partial charge on any atom is 0.316 e. The van der Waals surface area contributed by atoms with Gasteiger partial charge in [-0.3, -0.25) is 4.79 Å². The molecule has 4 aromatic rings. The Bertz CT molecular complexity index is 1100. The van der Waals surface area contributed by atoms with Crippen molar-refractivity contribution < 1.29 is 13.7 Å². The molecule has 1 amide bonds. The summed E-state index contributed by atoms with van der Waals surface area (Å²) in [4.78, 5) is 16.2. The molecule has 0 aliphatic rings. The Morgan fingerprint density at radius 1 is 1.14 bits per heavy atom. The van der Waals surface area contributed by atoms with E-state index in [1.54, 1.807) is 23.0 Å². The van der Waals surface area contributed by atoms with Crippen LogP contribution in [0.1, 0.15) is 21.8 Å². The van der Waals surface area contributed by atoms with Crippen LogP contribution < -0.4 is 5.32 Å². The van der Waals surface area contributed by atoms with E-state index in [0.29, 0.717) is 5.69 Å². The smallest absolute Gasteiger partial charge is 0.316 e. The normalized spacial score (nSPS) is 10.8. The Balaban J connectivity index is 1.44. The van der Waals surface area contributed by atoms with Crippen molar-refractivity contribution in [1.82, 2.24) is 30.5 Å². The van der Waals surface area contributed by atoms with Crippen molar-refractivity contribution in [2.24, 2.45) is 0 Å². The fourth-order valence-electron chi connectivity index (χ4n) is 2.47. The van der Waals surface area contributed by atoms with Gasteiger partial charge in [0.25, 0.3) is 0 Å². The van der Waals surface area contributed by atoms with Crippen molar-refractivity contribution in [3.8, 4) is 17.2 Å². The second kappa shape index (κ2) is 7.39. The molecule has 0 bridgehead atoms. The van der Waals surface area contributed by atoms with Crippen LogP contribution in [0.15, 0.2) is 59.3 Å². The first-order valence-electron chi connectivity index (χ1n) is 8.44. The molecule has 0 unspecified atom stereocenters. The van der Waals surface area contributed by atoms with E-state index in [4.69, 9.17) is 4.52 Å². The summed E-state index contributed by atoms with van der Waals surface area (Å²) in [6, 6.07) is 13.6. The maximum atomic E-state index is 12.9. The van der Waals surface area contributed by atoms with Gasteiger partial charge in [0.1, 0.15) is 5.82 Å². The predicted octanol–water partition coefficient (Wildman–Crippen LogP) is 2.69. The molecule has 0 radical (unpaired) electrons. The second-order valence-corrected chi connectivity index (χ2v) is 6.12. The molecule has 140 valence electrons. The van der Waals surface area contributed by atoms with E-state index in [-0.39, 0.29) is 24.1 Å². The summed E-state index contributed by atoms with van der Waals surface area (Å²) in [6.07, 6.45) is 1.65. The lowest BCUT2D eigenvalue weighted by Crippen LogP contribution is -2.23. The van der Waals surface area contributed by atoms with Crippen LogP contribution in [0.25, 0.3) is 17.2 Å². The first-order chi connectivity index (χ1) is 13.6. The number of nitrogens with zero attached hydrogens (tertiary/aromatic N) is 5. The third-order valence-corrected chi connectivity index (χ3v) is 4.01. The van der Waals surface area contributed by atoms with Crippen LogP contribution in [0, 0.1) is 12.7 Å². The minimum absolute atomic E-state index is 0.158. The second-order valence-electron chi connectivity index (χ2n) is 6.12. The van der Waals surface area contributed by atoms with E-state index < -0.39 is 5.91 Å². The number of aryl methyl sites for hydroxylation is 1. The zero-order chi connectivity index (χ0) is 19.5. The quantitative estimate of drug-likeness (QED) is 0.573. The first-order valence-corrected chi connectivity index (χ1v) is 8.44. The van der Waals surface area contributed by atoms with Crippen LogP contribution in [-0.4, -0.2) is 31.0 Å². The van der Waals surface area contributed by atoms with Gasteiger partial charge in [-0.25, -0.2) is 9.07 Å². The van der Waals surface area contributed by atoms with Crippen molar-refractivity contribution >= 4 is 5.91 Å². The topological polar surface area (TPSA) is 98.7 Å². The van der Waals surface area contributed by atoms with E-state index in [0.717, 1.165) is 16.8 Å². The molecule has 0 fully saturated rings. The van der Waals surface area contributed by atoms with Gasteiger partial charge in [-0.15, -0.1) is 5.10 Å². The summed E-state index contributed by atoms with van der Waals surface area (Å²) < 4.78 is 19.5. The number of hydrogen-bond acceptors (Lipinski definition) is 6. The molecule has 1 N–H and O–H groups in total. The van der Waals surface area contributed by atoms with E-state index in [1.807, 2.05) is 31.2 Å². The van der Waals surface area contributed by atoms with E-state index in [1.165, 1.54) is 12.1 Å². The van der Waals surface area contributed by atoms with Gasteiger partial charge in [0.15, 0.2) is 5.69 Å². The van der Waals surface area contributed by atoms with Crippen molar-refractivity contribution in [1.29, 1.82) is 0 Å². The van der Waals surface area contributed by atoms with Crippen LogP contribution in [0.2, 0.25) is 0 Å². The number of amides is 1. The number of aromatic nitrogens is 5. The van der Waals surface area contributed by atoms with Gasteiger partial charge in [0, 0.05) is 6.54 Å². The highest BCUT2D eigenvalue weighted by Crippen LogP contribution is 2.15. The average molecular weight is 378 g/mol. The van der Waals surface area contributed by atoms with Gasteiger partial charge in [-0.05, 0) is 36.8 Å². The molecule has 9 heteroatoms. The lowest BCUT2D eigenvalue weighted by atomic mass is 10.2. The monoisotopic (exact) mass is 378 g/mol. The number of rotatable bonds is 5. The highest BCUT2D eigenvalue weighted by atomic mass is 19.1. The third kappa shape index (κ3) is 3.78. The van der Waals surface area contributed by atoms with Crippen LogP contribution in [0.5, 0.6) is 0 Å². The molecule has 8 nitrogen and oxygen atoms in total. The molecule has 0 spiro atoms. The number of hydrogen-bond donors (Lipinski definition) is 1. The third-order valence-electron chi connectivity index (χ3n) is 4.01. The summed E-state index contributed by atoms with van der Waals surface area (Å²) in [5.74, 6) is -0.906. The minimum Gasteiger partial charge on any atom is -0.344 e. The fraction of sp³-hybridized carbons (Fsp3) is 0.105. The summed E-state index contributed by atoms with van der Waals surface area (Å²) >= 11 is 0. The average Bonchev–Trinajstić information content (AvgIpc) is 3.37. The summed E-state index contributed by atoms with van der Waals surface area (Å²) in [5, 5.41) is 14.5. The first kappa shape index (κ1) is 17.5. The number of carbonyl (C=O) groups excluding carboxylic acids is 1. The molecule has 28 heavy (non-hydrogen) atoms. The van der Waals surface area contributed by atoms with Crippen LogP contribution in [0.3, 0.4) is 0 Å². The molecule has 0 aliphatic heterocycles. The van der Waals surface area contributed by atoms with Gasteiger partial charge in [-0.2, -0.15) is 4.98 Å². The Morgan fingerprint density at radius 3 is 2.64 bits per heavy atom. The van der Waals surface area contributed by atoms with Crippen molar-refractivity contribution in [3.05, 3.63) is 77.6 Å². The molecule has 2 aromatic heterocycles. The largest absolute Gasteiger partial charge is 0.344 e. The van der Waals surface area contributed by atoms with Crippen LogP contribution in [0.4, 0.5) is 4.39 Å². The highest BCUT2D eigenvalue weighted by Gasteiger charge is 2.18. The fourth-order valence-corrected chi connectivity index (χ4v) is 2.47. The minimum atomic E-state index is -0.533. The molecule has 0 aliphatic carbocycles. The van der Waals surface area contributed by atoms with E-state index in [2.05, 4.69) is 25.8 Å². The molecule has 2 heterocycles. The standard InChI is InChI=1S/C19H15FN6O2/c1-12-2-8-15(9-3-12)26-11-16(23-25-26)17-22-19(28-24-17)18(27)21-10-13-4-6-14(20)7-5-13/h2-9,11H,10H2,1H3,(H,21,27). The van der Waals surface area contributed by atoms with Gasteiger partial charge in [-0.1, -0.05) is 40.2 Å².